The predicted molar refractivity (Wildman–Crippen MR) is 55.0 cm³/mol. The summed E-state index contributed by atoms with van der Waals surface area (Å²) in [5.74, 6) is -1.06. The van der Waals surface area contributed by atoms with Crippen LogP contribution in [-0.2, 0) is 10.2 Å². The van der Waals surface area contributed by atoms with Gasteiger partial charge in [-0.25, -0.2) is 8.78 Å². The zero-order chi connectivity index (χ0) is 11.9. The number of benzene rings is 1. The Labute approximate surface area is 95.8 Å². The second-order valence-electron chi connectivity index (χ2n) is 3.92. The van der Waals surface area contributed by atoms with Gasteiger partial charge in [-0.15, -0.1) is 0 Å². The maximum atomic E-state index is 12.7. The molecule has 1 aliphatic carbocycles. The Hall–Kier alpha value is -1.16. The minimum Gasteiger partial charge on any atom is -0.481 e. The zero-order valence-electron chi connectivity index (χ0n) is 8.21. The van der Waals surface area contributed by atoms with Crippen molar-refractivity contribution in [1.29, 1.82) is 0 Å². The van der Waals surface area contributed by atoms with Gasteiger partial charge < -0.3 is 5.11 Å². The molecule has 0 radical (unpaired) electrons. The fraction of sp³-hybridized carbons (Fsp3) is 0.364. The van der Waals surface area contributed by atoms with E-state index in [1.165, 1.54) is 18.2 Å². The average Bonchev–Trinajstić information content (AvgIpc) is 2.97. The van der Waals surface area contributed by atoms with Crippen LogP contribution >= 0.6 is 11.6 Å². The Balaban J connectivity index is 2.54. The van der Waals surface area contributed by atoms with E-state index in [-0.39, 0.29) is 16.1 Å². The molecule has 1 aliphatic rings. The van der Waals surface area contributed by atoms with Gasteiger partial charge in [0, 0.05) is 10.6 Å². The molecule has 1 aromatic carbocycles. The topological polar surface area (TPSA) is 37.3 Å². The maximum Gasteiger partial charge on any atom is 0.314 e. The summed E-state index contributed by atoms with van der Waals surface area (Å²) in [5, 5.41) is 9.35. The van der Waals surface area contributed by atoms with E-state index in [9.17, 15) is 13.6 Å². The second kappa shape index (κ2) is 3.70. The highest BCUT2D eigenvalue weighted by Crippen LogP contribution is 2.51. The second-order valence-corrected chi connectivity index (χ2v) is 4.36. The van der Waals surface area contributed by atoms with E-state index in [0.29, 0.717) is 12.8 Å². The van der Waals surface area contributed by atoms with Gasteiger partial charge in [-0.3, -0.25) is 4.79 Å². The lowest BCUT2D eigenvalue weighted by molar-refractivity contribution is -0.140. The highest BCUT2D eigenvalue weighted by atomic mass is 35.5. The number of hydrogen-bond donors (Lipinski definition) is 1. The Morgan fingerprint density at radius 1 is 1.44 bits per heavy atom. The molecule has 0 atom stereocenters. The molecule has 16 heavy (non-hydrogen) atoms. The molecule has 2 nitrogen and oxygen atoms in total. The molecule has 86 valence electrons. The first-order valence-corrected chi connectivity index (χ1v) is 5.16. The third-order valence-electron chi connectivity index (χ3n) is 2.93. The van der Waals surface area contributed by atoms with Crippen molar-refractivity contribution in [2.45, 2.75) is 24.7 Å². The van der Waals surface area contributed by atoms with Crippen LogP contribution in [0.25, 0.3) is 0 Å². The SMILES string of the molecule is O=C(O)C1(c2cc(Cl)ccc2C(F)F)CC1. The first-order valence-electron chi connectivity index (χ1n) is 4.79. The lowest BCUT2D eigenvalue weighted by Gasteiger charge is -2.15. The van der Waals surface area contributed by atoms with Crippen molar-refractivity contribution in [3.05, 3.63) is 34.3 Å². The number of halogens is 3. The summed E-state index contributed by atoms with van der Waals surface area (Å²) < 4.78 is 25.5. The van der Waals surface area contributed by atoms with Crippen LogP contribution in [0.4, 0.5) is 8.78 Å². The van der Waals surface area contributed by atoms with Gasteiger partial charge in [0.2, 0.25) is 0 Å². The third-order valence-corrected chi connectivity index (χ3v) is 3.16. The molecule has 1 saturated carbocycles. The third kappa shape index (κ3) is 1.67. The minimum absolute atomic E-state index is 0.155. The standard InChI is InChI=1S/C11H9ClF2O2/c12-6-1-2-7(9(13)14)8(5-6)11(3-4-11)10(15)16/h1-2,5,9H,3-4H2,(H,15,16). The molecular weight excluding hydrogens is 238 g/mol. The summed E-state index contributed by atoms with van der Waals surface area (Å²) in [6.07, 6.45) is -1.89. The van der Waals surface area contributed by atoms with E-state index in [2.05, 4.69) is 0 Å². The van der Waals surface area contributed by atoms with Crippen LogP contribution in [0.5, 0.6) is 0 Å². The highest BCUT2D eigenvalue weighted by Gasteiger charge is 2.53. The van der Waals surface area contributed by atoms with Gasteiger partial charge in [0.1, 0.15) is 0 Å². The lowest BCUT2D eigenvalue weighted by atomic mass is 9.91. The quantitative estimate of drug-likeness (QED) is 0.888. The number of alkyl halides is 2. The maximum absolute atomic E-state index is 12.7. The van der Waals surface area contributed by atoms with Crippen molar-refractivity contribution in [2.24, 2.45) is 0 Å². The Morgan fingerprint density at radius 2 is 2.06 bits per heavy atom. The van der Waals surface area contributed by atoms with Crippen molar-refractivity contribution in [1.82, 2.24) is 0 Å². The van der Waals surface area contributed by atoms with E-state index >= 15 is 0 Å². The Kier molecular flexibility index (Phi) is 2.62. The predicted octanol–water partition coefficient (Wildman–Crippen LogP) is 3.39. The molecule has 0 heterocycles. The molecule has 0 amide bonds. The number of carboxylic acid groups (broad SMARTS) is 1. The molecule has 1 fully saturated rings. The Bertz CT molecular complexity index is 442. The van der Waals surface area contributed by atoms with Crippen LogP contribution in [0.3, 0.4) is 0 Å². The molecular formula is C11H9ClF2O2. The molecule has 0 bridgehead atoms. The molecule has 0 aliphatic heterocycles. The van der Waals surface area contributed by atoms with Crippen LogP contribution in [0.2, 0.25) is 5.02 Å². The summed E-state index contributed by atoms with van der Waals surface area (Å²) in [7, 11) is 0. The molecule has 0 spiro atoms. The van der Waals surface area contributed by atoms with Crippen molar-refractivity contribution < 1.29 is 18.7 Å². The van der Waals surface area contributed by atoms with Crippen molar-refractivity contribution in [2.75, 3.05) is 0 Å². The summed E-state index contributed by atoms with van der Waals surface area (Å²) in [5.41, 5.74) is -1.22. The fourth-order valence-electron chi connectivity index (χ4n) is 1.86. The smallest absolute Gasteiger partial charge is 0.314 e. The molecule has 2 rings (SSSR count). The number of rotatable bonds is 3. The first-order chi connectivity index (χ1) is 7.47. The monoisotopic (exact) mass is 246 g/mol. The van der Waals surface area contributed by atoms with Crippen molar-refractivity contribution in [3.8, 4) is 0 Å². The number of carboxylic acids is 1. The normalized spacial score (nSPS) is 17.5. The average molecular weight is 247 g/mol. The molecule has 0 unspecified atom stereocenters. The largest absolute Gasteiger partial charge is 0.481 e. The van der Waals surface area contributed by atoms with Gasteiger partial charge in [0.15, 0.2) is 0 Å². The van der Waals surface area contributed by atoms with Gasteiger partial charge in [-0.2, -0.15) is 0 Å². The molecule has 1 N–H and O–H groups in total. The molecule has 0 aromatic heterocycles. The van der Waals surface area contributed by atoms with Crippen LogP contribution < -0.4 is 0 Å². The van der Waals surface area contributed by atoms with Gasteiger partial charge in [-0.1, -0.05) is 17.7 Å². The van der Waals surface area contributed by atoms with Crippen LogP contribution in [0, 0.1) is 0 Å². The molecule has 1 aromatic rings. The number of carbonyl (C=O) groups is 1. The van der Waals surface area contributed by atoms with E-state index < -0.39 is 17.8 Å². The minimum atomic E-state index is -2.68. The lowest BCUT2D eigenvalue weighted by Crippen LogP contribution is -2.21. The zero-order valence-corrected chi connectivity index (χ0v) is 8.97. The van der Waals surface area contributed by atoms with Crippen LogP contribution in [0.15, 0.2) is 18.2 Å². The molecule has 0 saturated heterocycles. The van der Waals surface area contributed by atoms with Gasteiger partial charge in [0.25, 0.3) is 6.43 Å². The summed E-state index contributed by atoms with van der Waals surface area (Å²) in [6.45, 7) is 0. The summed E-state index contributed by atoms with van der Waals surface area (Å²) in [4.78, 5) is 11.1. The highest BCUT2D eigenvalue weighted by molar-refractivity contribution is 6.30. The number of hydrogen-bond acceptors (Lipinski definition) is 1. The van der Waals surface area contributed by atoms with E-state index in [4.69, 9.17) is 16.7 Å². The fourth-order valence-corrected chi connectivity index (χ4v) is 2.03. The first kappa shape index (κ1) is 11.3. The van der Waals surface area contributed by atoms with Crippen LogP contribution in [-0.4, -0.2) is 11.1 Å². The summed E-state index contributed by atoms with van der Waals surface area (Å²) in [6, 6.07) is 3.89. The van der Waals surface area contributed by atoms with E-state index in [0.717, 1.165) is 0 Å². The van der Waals surface area contributed by atoms with Crippen molar-refractivity contribution in [3.63, 3.8) is 0 Å². The van der Waals surface area contributed by atoms with Gasteiger partial charge in [-0.05, 0) is 30.5 Å². The van der Waals surface area contributed by atoms with E-state index in [1.54, 1.807) is 0 Å². The van der Waals surface area contributed by atoms with Crippen LogP contribution in [0.1, 0.15) is 30.4 Å². The summed E-state index contributed by atoms with van der Waals surface area (Å²) >= 11 is 5.72. The Morgan fingerprint density at radius 3 is 2.50 bits per heavy atom. The van der Waals surface area contributed by atoms with Gasteiger partial charge >= 0.3 is 5.97 Å². The van der Waals surface area contributed by atoms with Crippen molar-refractivity contribution >= 4 is 17.6 Å². The number of aliphatic carboxylic acids is 1. The van der Waals surface area contributed by atoms with Gasteiger partial charge in [0.05, 0.1) is 5.41 Å². The van der Waals surface area contributed by atoms with E-state index in [1.807, 2.05) is 0 Å². The molecule has 5 heteroatoms.